The molecule has 0 unspecified atom stereocenters. The fourth-order valence-electron chi connectivity index (χ4n) is 1.69. The van der Waals surface area contributed by atoms with Gasteiger partial charge in [-0.15, -0.1) is 0 Å². The third-order valence-corrected chi connectivity index (χ3v) is 2.79. The number of aryl methyl sites for hydroxylation is 1. The second kappa shape index (κ2) is 6.21. The molecule has 0 heterocycles. The van der Waals surface area contributed by atoms with E-state index in [1.807, 2.05) is 0 Å². The maximum atomic E-state index is 13.1. The van der Waals surface area contributed by atoms with Gasteiger partial charge >= 0.3 is 0 Å². The van der Waals surface area contributed by atoms with Crippen LogP contribution in [0.2, 0.25) is 0 Å². The number of nitrogens with one attached hydrogen (secondary N) is 1. The maximum Gasteiger partial charge on any atom is 0.262 e. The van der Waals surface area contributed by atoms with Crippen molar-refractivity contribution in [2.24, 2.45) is 0 Å². The highest BCUT2D eigenvalue weighted by molar-refractivity contribution is 5.92. The SMILES string of the molecule is Cc1ccc(F)cc1OCC(=O)Nc1ccc(F)c(N)c1. The average molecular weight is 292 g/mol. The molecule has 2 aromatic carbocycles. The Labute approximate surface area is 120 Å². The molecule has 0 spiro atoms. The number of halogens is 2. The summed E-state index contributed by atoms with van der Waals surface area (Å²) in [6, 6.07) is 7.92. The fourth-order valence-corrected chi connectivity index (χ4v) is 1.69. The molecule has 0 fully saturated rings. The van der Waals surface area contributed by atoms with Crippen LogP contribution < -0.4 is 15.8 Å². The van der Waals surface area contributed by atoms with Gasteiger partial charge in [0, 0.05) is 11.8 Å². The summed E-state index contributed by atoms with van der Waals surface area (Å²) in [6.45, 7) is 1.45. The Hall–Kier alpha value is -2.63. The van der Waals surface area contributed by atoms with Gasteiger partial charge in [-0.2, -0.15) is 0 Å². The average Bonchev–Trinajstić information content (AvgIpc) is 2.44. The summed E-state index contributed by atoms with van der Waals surface area (Å²) in [5, 5.41) is 2.51. The molecule has 0 saturated heterocycles. The topological polar surface area (TPSA) is 64.3 Å². The van der Waals surface area contributed by atoms with Crippen LogP contribution in [0, 0.1) is 18.6 Å². The molecule has 0 radical (unpaired) electrons. The fraction of sp³-hybridized carbons (Fsp3) is 0.133. The van der Waals surface area contributed by atoms with Gasteiger partial charge in [0.2, 0.25) is 0 Å². The van der Waals surface area contributed by atoms with Crippen LogP contribution in [-0.4, -0.2) is 12.5 Å². The van der Waals surface area contributed by atoms with Crippen LogP contribution in [0.15, 0.2) is 36.4 Å². The Morgan fingerprint density at radius 2 is 2.00 bits per heavy atom. The number of nitrogens with two attached hydrogens (primary N) is 1. The van der Waals surface area contributed by atoms with E-state index in [1.54, 1.807) is 13.0 Å². The van der Waals surface area contributed by atoms with Crippen molar-refractivity contribution >= 4 is 17.3 Å². The van der Waals surface area contributed by atoms with Crippen molar-refractivity contribution in [2.45, 2.75) is 6.92 Å². The van der Waals surface area contributed by atoms with E-state index in [0.29, 0.717) is 11.4 Å². The third-order valence-electron chi connectivity index (χ3n) is 2.79. The molecule has 4 nitrogen and oxygen atoms in total. The minimum atomic E-state index is -0.556. The number of amides is 1. The van der Waals surface area contributed by atoms with Gasteiger partial charge in [0.05, 0.1) is 5.69 Å². The largest absolute Gasteiger partial charge is 0.483 e. The molecule has 0 aliphatic heterocycles. The molecule has 0 aliphatic rings. The van der Waals surface area contributed by atoms with Gasteiger partial charge in [0.1, 0.15) is 17.4 Å². The van der Waals surface area contributed by atoms with E-state index in [9.17, 15) is 13.6 Å². The van der Waals surface area contributed by atoms with E-state index in [-0.39, 0.29) is 12.3 Å². The zero-order chi connectivity index (χ0) is 15.4. The lowest BCUT2D eigenvalue weighted by Crippen LogP contribution is -2.20. The molecule has 0 atom stereocenters. The van der Waals surface area contributed by atoms with Crippen LogP contribution in [0.1, 0.15) is 5.56 Å². The Kier molecular flexibility index (Phi) is 4.37. The smallest absolute Gasteiger partial charge is 0.262 e. The van der Waals surface area contributed by atoms with Crippen LogP contribution in [0.25, 0.3) is 0 Å². The number of anilines is 2. The van der Waals surface area contributed by atoms with Crippen LogP contribution in [0.3, 0.4) is 0 Å². The molecule has 0 aromatic heterocycles. The van der Waals surface area contributed by atoms with Crippen molar-refractivity contribution in [3.05, 3.63) is 53.6 Å². The van der Waals surface area contributed by atoms with Gasteiger partial charge in [-0.1, -0.05) is 6.07 Å². The van der Waals surface area contributed by atoms with E-state index in [1.165, 1.54) is 24.3 Å². The molecule has 0 aliphatic carbocycles. The first-order chi connectivity index (χ1) is 9.95. The van der Waals surface area contributed by atoms with Gasteiger partial charge in [-0.05, 0) is 36.8 Å². The molecule has 2 rings (SSSR count). The van der Waals surface area contributed by atoms with Crippen molar-refractivity contribution in [1.82, 2.24) is 0 Å². The van der Waals surface area contributed by atoms with E-state index >= 15 is 0 Å². The minimum absolute atomic E-state index is 0.0605. The zero-order valence-electron chi connectivity index (χ0n) is 11.3. The number of ether oxygens (including phenoxy) is 1. The lowest BCUT2D eigenvalue weighted by atomic mass is 10.2. The molecule has 6 heteroatoms. The minimum Gasteiger partial charge on any atom is -0.483 e. The van der Waals surface area contributed by atoms with Crippen molar-refractivity contribution in [3.8, 4) is 5.75 Å². The van der Waals surface area contributed by atoms with Crippen LogP contribution in [0.5, 0.6) is 5.75 Å². The van der Waals surface area contributed by atoms with Crippen LogP contribution in [0.4, 0.5) is 20.2 Å². The van der Waals surface area contributed by atoms with Crippen LogP contribution in [-0.2, 0) is 4.79 Å². The Balaban J connectivity index is 1.95. The van der Waals surface area contributed by atoms with E-state index < -0.39 is 17.5 Å². The van der Waals surface area contributed by atoms with Crippen molar-refractivity contribution in [1.29, 1.82) is 0 Å². The third kappa shape index (κ3) is 3.92. The molecule has 3 N–H and O–H groups in total. The number of rotatable bonds is 4. The summed E-state index contributed by atoms with van der Waals surface area (Å²) in [5.41, 5.74) is 6.42. The summed E-state index contributed by atoms with van der Waals surface area (Å²) >= 11 is 0. The number of hydrogen-bond acceptors (Lipinski definition) is 3. The summed E-state index contributed by atoms with van der Waals surface area (Å²) in [6.07, 6.45) is 0. The number of carbonyl (C=O) groups is 1. The van der Waals surface area contributed by atoms with Gasteiger partial charge in [-0.3, -0.25) is 4.79 Å². The van der Waals surface area contributed by atoms with Gasteiger partial charge < -0.3 is 15.8 Å². The van der Waals surface area contributed by atoms with Crippen molar-refractivity contribution in [2.75, 3.05) is 17.7 Å². The quantitative estimate of drug-likeness (QED) is 0.852. The highest BCUT2D eigenvalue weighted by atomic mass is 19.1. The van der Waals surface area contributed by atoms with Crippen molar-refractivity contribution in [3.63, 3.8) is 0 Å². The number of hydrogen-bond donors (Lipinski definition) is 2. The molecule has 1 amide bonds. The molecule has 0 saturated carbocycles. The first-order valence-corrected chi connectivity index (χ1v) is 6.19. The maximum absolute atomic E-state index is 13.1. The first kappa shape index (κ1) is 14.8. The summed E-state index contributed by atoms with van der Waals surface area (Å²) in [7, 11) is 0. The number of benzene rings is 2. The summed E-state index contributed by atoms with van der Waals surface area (Å²) in [4.78, 5) is 11.7. The highest BCUT2D eigenvalue weighted by Crippen LogP contribution is 2.19. The second-order valence-electron chi connectivity index (χ2n) is 4.48. The lowest BCUT2D eigenvalue weighted by Gasteiger charge is -2.10. The molecular formula is C15H14F2N2O2. The Bertz CT molecular complexity index is 675. The predicted octanol–water partition coefficient (Wildman–Crippen LogP) is 2.87. The van der Waals surface area contributed by atoms with Crippen LogP contribution >= 0.6 is 0 Å². The molecule has 21 heavy (non-hydrogen) atoms. The monoisotopic (exact) mass is 292 g/mol. The molecule has 2 aromatic rings. The van der Waals surface area contributed by atoms with E-state index in [0.717, 1.165) is 11.6 Å². The summed E-state index contributed by atoms with van der Waals surface area (Å²) in [5.74, 6) is -1.16. The molecular weight excluding hydrogens is 278 g/mol. The standard InChI is InChI=1S/C15H14F2N2O2/c1-9-2-3-10(16)6-14(9)21-8-15(20)19-11-4-5-12(17)13(18)7-11/h2-7H,8,18H2,1H3,(H,19,20). The van der Waals surface area contributed by atoms with Gasteiger partial charge in [0.25, 0.3) is 5.91 Å². The van der Waals surface area contributed by atoms with Crippen molar-refractivity contribution < 1.29 is 18.3 Å². The predicted molar refractivity (Wildman–Crippen MR) is 76.1 cm³/mol. The van der Waals surface area contributed by atoms with E-state index in [4.69, 9.17) is 10.5 Å². The van der Waals surface area contributed by atoms with Gasteiger partial charge in [-0.25, -0.2) is 8.78 Å². The summed E-state index contributed by atoms with van der Waals surface area (Å²) < 4.78 is 31.3. The number of carbonyl (C=O) groups excluding carboxylic acids is 1. The highest BCUT2D eigenvalue weighted by Gasteiger charge is 2.07. The molecule has 0 bridgehead atoms. The second-order valence-corrected chi connectivity index (χ2v) is 4.48. The number of nitrogen functional groups attached to an aromatic ring is 1. The Morgan fingerprint density at radius 1 is 1.24 bits per heavy atom. The first-order valence-electron chi connectivity index (χ1n) is 6.19. The van der Waals surface area contributed by atoms with E-state index in [2.05, 4.69) is 5.32 Å². The lowest BCUT2D eigenvalue weighted by molar-refractivity contribution is -0.118. The Morgan fingerprint density at radius 3 is 2.71 bits per heavy atom. The van der Waals surface area contributed by atoms with Gasteiger partial charge in [0.15, 0.2) is 6.61 Å². The molecule has 110 valence electrons. The zero-order valence-corrected chi connectivity index (χ0v) is 11.3. The normalized spacial score (nSPS) is 10.2.